The van der Waals surface area contributed by atoms with Gasteiger partial charge in [-0.1, -0.05) is 0 Å². The summed E-state index contributed by atoms with van der Waals surface area (Å²) >= 11 is 5.38. The van der Waals surface area contributed by atoms with Crippen LogP contribution >= 0.6 is 11.6 Å². The van der Waals surface area contributed by atoms with Crippen molar-refractivity contribution in [2.45, 2.75) is 19.3 Å². The minimum Gasteiger partial charge on any atom is -0.325 e. The lowest BCUT2D eigenvalue weighted by Crippen LogP contribution is -2.40. The molecular formula is C13H13ClN2O3. The number of imide groups is 1. The topological polar surface area (TPSA) is 66.5 Å². The highest BCUT2D eigenvalue weighted by atomic mass is 35.5. The fourth-order valence-electron chi connectivity index (χ4n) is 1.93. The van der Waals surface area contributed by atoms with Crippen molar-refractivity contribution in [3.63, 3.8) is 0 Å². The molecule has 0 aromatic heterocycles. The number of carbonyl (C=O) groups is 3. The van der Waals surface area contributed by atoms with Crippen LogP contribution in [-0.4, -0.2) is 23.6 Å². The Hall–Kier alpha value is -1.88. The Bertz CT molecular complexity index is 497. The molecule has 0 bridgehead atoms. The van der Waals surface area contributed by atoms with E-state index in [9.17, 15) is 14.4 Å². The zero-order chi connectivity index (χ0) is 13.8. The third kappa shape index (κ3) is 3.12. The van der Waals surface area contributed by atoms with Gasteiger partial charge in [-0.15, -0.1) is 11.6 Å². The molecular weight excluding hydrogens is 268 g/mol. The van der Waals surface area contributed by atoms with E-state index in [0.29, 0.717) is 30.6 Å². The van der Waals surface area contributed by atoms with Crippen LogP contribution in [0, 0.1) is 0 Å². The van der Waals surface area contributed by atoms with Crippen molar-refractivity contribution in [1.29, 1.82) is 0 Å². The van der Waals surface area contributed by atoms with Crippen LogP contribution in [0.2, 0.25) is 0 Å². The molecule has 1 saturated heterocycles. The highest BCUT2D eigenvalue weighted by Gasteiger charge is 2.27. The zero-order valence-electron chi connectivity index (χ0n) is 10.2. The van der Waals surface area contributed by atoms with Gasteiger partial charge >= 0.3 is 0 Å². The maximum atomic E-state index is 11.7. The summed E-state index contributed by atoms with van der Waals surface area (Å²) in [6.45, 7) is 0. The first-order valence-electron chi connectivity index (χ1n) is 5.93. The molecule has 0 atom stereocenters. The first-order chi connectivity index (χ1) is 9.11. The summed E-state index contributed by atoms with van der Waals surface area (Å²) in [6.07, 6.45) is 1.38. The van der Waals surface area contributed by atoms with Crippen molar-refractivity contribution >= 4 is 40.7 Å². The Kier molecular flexibility index (Phi) is 4.16. The number of amides is 3. The van der Waals surface area contributed by atoms with Gasteiger partial charge in [0.2, 0.25) is 17.7 Å². The van der Waals surface area contributed by atoms with Crippen LogP contribution in [0.4, 0.5) is 11.4 Å². The predicted octanol–water partition coefficient (Wildman–Crippen LogP) is 1.91. The molecule has 0 unspecified atom stereocenters. The van der Waals surface area contributed by atoms with E-state index in [2.05, 4.69) is 5.32 Å². The van der Waals surface area contributed by atoms with Crippen molar-refractivity contribution in [3.8, 4) is 0 Å². The lowest BCUT2D eigenvalue weighted by atomic mass is 10.1. The van der Waals surface area contributed by atoms with Crippen LogP contribution in [0.15, 0.2) is 24.3 Å². The van der Waals surface area contributed by atoms with E-state index >= 15 is 0 Å². The van der Waals surface area contributed by atoms with Crippen LogP contribution in [0.25, 0.3) is 0 Å². The molecule has 2 rings (SSSR count). The van der Waals surface area contributed by atoms with E-state index in [0.717, 1.165) is 0 Å². The smallest absolute Gasteiger partial charge is 0.239 e. The molecule has 1 fully saturated rings. The molecule has 19 heavy (non-hydrogen) atoms. The van der Waals surface area contributed by atoms with Crippen LogP contribution in [-0.2, 0) is 14.4 Å². The summed E-state index contributed by atoms with van der Waals surface area (Å²) in [7, 11) is 0. The van der Waals surface area contributed by atoms with Crippen LogP contribution < -0.4 is 10.2 Å². The van der Waals surface area contributed by atoms with Gasteiger partial charge in [0.15, 0.2) is 0 Å². The Morgan fingerprint density at radius 1 is 1.16 bits per heavy atom. The molecule has 3 amide bonds. The number of nitrogens with zero attached hydrogens (tertiary/aromatic N) is 1. The largest absolute Gasteiger partial charge is 0.325 e. The van der Waals surface area contributed by atoms with E-state index in [1.165, 1.54) is 4.90 Å². The van der Waals surface area contributed by atoms with Crippen molar-refractivity contribution in [2.75, 3.05) is 16.1 Å². The molecule has 0 radical (unpaired) electrons. The number of rotatable bonds is 3. The maximum absolute atomic E-state index is 11.7. The number of piperidine rings is 1. The molecule has 5 nitrogen and oxygen atoms in total. The molecule has 1 aliphatic rings. The molecule has 1 heterocycles. The Labute approximate surface area is 115 Å². The van der Waals surface area contributed by atoms with Crippen LogP contribution in [0.1, 0.15) is 19.3 Å². The molecule has 1 N–H and O–H groups in total. The van der Waals surface area contributed by atoms with Gasteiger partial charge in [0, 0.05) is 18.5 Å². The van der Waals surface area contributed by atoms with Crippen molar-refractivity contribution in [2.24, 2.45) is 0 Å². The standard InChI is InChI=1S/C13H13ClN2O3/c14-8-11(17)15-9-4-6-10(7-5-9)16-12(18)2-1-3-13(16)19/h4-7H,1-3,8H2,(H,15,17). The minimum absolute atomic E-state index is 0.120. The number of anilines is 2. The summed E-state index contributed by atoms with van der Waals surface area (Å²) in [5, 5.41) is 2.58. The molecule has 1 aliphatic heterocycles. The Balaban J connectivity index is 2.15. The number of hydrogen-bond acceptors (Lipinski definition) is 3. The van der Waals surface area contributed by atoms with E-state index in [1.807, 2.05) is 0 Å². The van der Waals surface area contributed by atoms with Crippen molar-refractivity contribution in [3.05, 3.63) is 24.3 Å². The highest BCUT2D eigenvalue weighted by Crippen LogP contribution is 2.23. The normalized spacial score (nSPS) is 15.5. The van der Waals surface area contributed by atoms with Crippen molar-refractivity contribution in [1.82, 2.24) is 0 Å². The van der Waals surface area contributed by atoms with Gasteiger partial charge in [0.05, 0.1) is 5.69 Å². The van der Waals surface area contributed by atoms with Gasteiger partial charge in [-0.3, -0.25) is 19.3 Å². The van der Waals surface area contributed by atoms with Crippen LogP contribution in [0.3, 0.4) is 0 Å². The van der Waals surface area contributed by atoms with E-state index in [1.54, 1.807) is 24.3 Å². The Morgan fingerprint density at radius 2 is 1.74 bits per heavy atom. The summed E-state index contributed by atoms with van der Waals surface area (Å²) in [6, 6.07) is 6.53. The first-order valence-corrected chi connectivity index (χ1v) is 6.47. The number of hydrogen-bond donors (Lipinski definition) is 1. The quantitative estimate of drug-likeness (QED) is 0.679. The van der Waals surface area contributed by atoms with Crippen LogP contribution in [0.5, 0.6) is 0 Å². The third-order valence-electron chi connectivity index (χ3n) is 2.81. The van der Waals surface area contributed by atoms with Gasteiger partial charge < -0.3 is 5.32 Å². The molecule has 0 spiro atoms. The first kappa shape index (κ1) is 13.5. The zero-order valence-corrected chi connectivity index (χ0v) is 10.9. The monoisotopic (exact) mass is 280 g/mol. The molecule has 6 heteroatoms. The summed E-state index contributed by atoms with van der Waals surface area (Å²) < 4.78 is 0. The SMILES string of the molecule is O=C(CCl)Nc1ccc(N2C(=O)CCCC2=O)cc1. The third-order valence-corrected chi connectivity index (χ3v) is 3.05. The van der Waals surface area contributed by atoms with Crippen molar-refractivity contribution < 1.29 is 14.4 Å². The maximum Gasteiger partial charge on any atom is 0.239 e. The molecule has 0 saturated carbocycles. The number of nitrogens with one attached hydrogen (secondary N) is 1. The summed E-state index contributed by atoms with van der Waals surface area (Å²) in [5.41, 5.74) is 1.10. The molecule has 100 valence electrons. The van der Waals surface area contributed by atoms with E-state index in [-0.39, 0.29) is 23.6 Å². The second-order valence-corrected chi connectivity index (χ2v) is 4.47. The predicted molar refractivity (Wildman–Crippen MR) is 72.1 cm³/mol. The van der Waals surface area contributed by atoms with Gasteiger partial charge in [-0.25, -0.2) is 0 Å². The molecule has 0 aliphatic carbocycles. The average Bonchev–Trinajstić information content (AvgIpc) is 2.40. The van der Waals surface area contributed by atoms with E-state index < -0.39 is 0 Å². The lowest BCUT2D eigenvalue weighted by molar-refractivity contribution is -0.129. The fraction of sp³-hybridized carbons (Fsp3) is 0.308. The van der Waals surface area contributed by atoms with Gasteiger partial charge in [0.1, 0.15) is 5.88 Å². The number of halogens is 1. The summed E-state index contributed by atoms with van der Waals surface area (Å²) in [4.78, 5) is 35.8. The minimum atomic E-state index is -0.306. The Morgan fingerprint density at radius 3 is 2.26 bits per heavy atom. The number of alkyl halides is 1. The second-order valence-electron chi connectivity index (χ2n) is 4.21. The fourth-order valence-corrected chi connectivity index (χ4v) is 2.00. The lowest BCUT2D eigenvalue weighted by Gasteiger charge is -2.24. The highest BCUT2D eigenvalue weighted by molar-refractivity contribution is 6.29. The summed E-state index contributed by atoms with van der Waals surface area (Å²) in [5.74, 6) is -0.799. The van der Waals surface area contributed by atoms with Gasteiger partial charge in [0.25, 0.3) is 0 Å². The van der Waals surface area contributed by atoms with E-state index in [4.69, 9.17) is 11.6 Å². The second kappa shape index (κ2) is 5.84. The average molecular weight is 281 g/mol. The van der Waals surface area contributed by atoms with Gasteiger partial charge in [-0.2, -0.15) is 0 Å². The number of carbonyl (C=O) groups excluding carboxylic acids is 3. The van der Waals surface area contributed by atoms with Gasteiger partial charge in [-0.05, 0) is 30.7 Å². The number of benzene rings is 1. The molecule has 1 aromatic carbocycles. The molecule has 1 aromatic rings.